The van der Waals surface area contributed by atoms with Crippen molar-refractivity contribution in [3.8, 4) is 0 Å². The highest BCUT2D eigenvalue weighted by atomic mass is 32.1. The van der Waals surface area contributed by atoms with Crippen LogP contribution >= 0.6 is 11.3 Å². The van der Waals surface area contributed by atoms with Crippen LogP contribution in [0.2, 0.25) is 0 Å². The monoisotopic (exact) mass is 348 g/mol. The average molecular weight is 348 g/mol. The summed E-state index contributed by atoms with van der Waals surface area (Å²) in [5.41, 5.74) is 0. The summed E-state index contributed by atoms with van der Waals surface area (Å²) < 4.78 is 37.1. The second kappa shape index (κ2) is 7.33. The van der Waals surface area contributed by atoms with Gasteiger partial charge in [0, 0.05) is 24.5 Å². The predicted octanol–water partition coefficient (Wildman–Crippen LogP) is 2.77. The molecule has 2 amide bonds. The second-order valence-electron chi connectivity index (χ2n) is 5.72. The van der Waals surface area contributed by atoms with Gasteiger partial charge in [-0.25, -0.2) is 0 Å². The molecule has 0 aromatic carbocycles. The van der Waals surface area contributed by atoms with Gasteiger partial charge in [0.25, 0.3) is 0 Å². The van der Waals surface area contributed by atoms with Crippen LogP contribution in [0.4, 0.5) is 13.2 Å². The van der Waals surface area contributed by atoms with E-state index in [0.29, 0.717) is 19.4 Å². The van der Waals surface area contributed by atoms with Gasteiger partial charge in [-0.2, -0.15) is 13.2 Å². The molecule has 0 saturated carbocycles. The van der Waals surface area contributed by atoms with Crippen molar-refractivity contribution in [1.29, 1.82) is 0 Å². The summed E-state index contributed by atoms with van der Waals surface area (Å²) >= 11 is 1.52. The normalized spacial score (nSPS) is 17.8. The van der Waals surface area contributed by atoms with Gasteiger partial charge in [0.15, 0.2) is 0 Å². The summed E-state index contributed by atoms with van der Waals surface area (Å²) in [6.45, 7) is 2.42. The molecule has 1 saturated heterocycles. The van der Waals surface area contributed by atoms with E-state index >= 15 is 0 Å². The van der Waals surface area contributed by atoms with E-state index in [4.69, 9.17) is 0 Å². The highest BCUT2D eigenvalue weighted by molar-refractivity contribution is 7.10. The van der Waals surface area contributed by atoms with Crippen LogP contribution in [0.15, 0.2) is 17.5 Å². The quantitative estimate of drug-likeness (QED) is 0.910. The van der Waals surface area contributed by atoms with Crippen molar-refractivity contribution in [2.75, 3.05) is 19.6 Å². The molecule has 1 unspecified atom stereocenters. The van der Waals surface area contributed by atoms with Gasteiger partial charge in [-0.15, -0.1) is 11.3 Å². The van der Waals surface area contributed by atoms with E-state index in [1.54, 1.807) is 0 Å². The molecule has 2 rings (SSSR count). The minimum Gasteiger partial charge on any atom is -0.355 e. The Morgan fingerprint density at radius 1 is 1.39 bits per heavy atom. The van der Waals surface area contributed by atoms with E-state index in [0.717, 1.165) is 9.78 Å². The van der Waals surface area contributed by atoms with Gasteiger partial charge in [-0.1, -0.05) is 6.07 Å². The van der Waals surface area contributed by atoms with Gasteiger partial charge in [0.05, 0.1) is 5.92 Å². The third kappa shape index (κ3) is 4.70. The molecule has 1 N–H and O–H groups in total. The second-order valence-corrected chi connectivity index (χ2v) is 6.69. The fourth-order valence-electron chi connectivity index (χ4n) is 2.58. The first-order valence-corrected chi connectivity index (χ1v) is 8.34. The fourth-order valence-corrected chi connectivity index (χ4v) is 3.37. The lowest BCUT2D eigenvalue weighted by Crippen LogP contribution is -2.46. The van der Waals surface area contributed by atoms with Crippen LogP contribution in [-0.2, 0) is 9.59 Å². The number of likely N-dealkylation sites (tertiary alicyclic amines) is 1. The van der Waals surface area contributed by atoms with Crippen LogP contribution < -0.4 is 5.32 Å². The van der Waals surface area contributed by atoms with Crippen LogP contribution in [0.25, 0.3) is 0 Å². The topological polar surface area (TPSA) is 49.4 Å². The maximum atomic E-state index is 12.4. The SMILES string of the molecule is CC(C(=O)NCC1CCN(C(=O)C(F)(F)F)CC1)c1cccs1. The van der Waals surface area contributed by atoms with E-state index in [1.165, 1.54) is 11.3 Å². The molecule has 128 valence electrons. The Balaban J connectivity index is 1.75. The van der Waals surface area contributed by atoms with E-state index < -0.39 is 12.1 Å². The molecule has 0 radical (unpaired) electrons. The zero-order valence-corrected chi connectivity index (χ0v) is 13.5. The van der Waals surface area contributed by atoms with Crippen molar-refractivity contribution in [3.05, 3.63) is 22.4 Å². The summed E-state index contributed by atoms with van der Waals surface area (Å²) in [6.07, 6.45) is -3.87. The Bertz CT molecular complexity index is 537. The Morgan fingerprint density at radius 3 is 2.57 bits per heavy atom. The zero-order valence-electron chi connectivity index (χ0n) is 12.7. The number of halogens is 3. The van der Waals surface area contributed by atoms with Crippen molar-refractivity contribution in [1.82, 2.24) is 10.2 Å². The molecule has 0 spiro atoms. The number of carbonyl (C=O) groups is 2. The van der Waals surface area contributed by atoms with Crippen molar-refractivity contribution < 1.29 is 22.8 Å². The third-order valence-electron chi connectivity index (χ3n) is 4.07. The number of thiophene rings is 1. The van der Waals surface area contributed by atoms with Crippen molar-refractivity contribution in [2.45, 2.75) is 31.9 Å². The number of nitrogens with one attached hydrogen (secondary N) is 1. The van der Waals surface area contributed by atoms with Gasteiger partial charge in [0.1, 0.15) is 0 Å². The molecule has 1 aliphatic heterocycles. The summed E-state index contributed by atoms with van der Waals surface area (Å²) in [6, 6.07) is 3.79. The number of carbonyl (C=O) groups excluding carboxylic acids is 2. The third-order valence-corrected chi connectivity index (χ3v) is 5.13. The minimum absolute atomic E-state index is 0.0822. The van der Waals surface area contributed by atoms with Crippen molar-refractivity contribution in [2.24, 2.45) is 5.92 Å². The molecular formula is C15H19F3N2O2S. The molecule has 2 heterocycles. The summed E-state index contributed by atoms with van der Waals surface area (Å²) in [5, 5.41) is 4.77. The first-order valence-electron chi connectivity index (χ1n) is 7.46. The smallest absolute Gasteiger partial charge is 0.355 e. The van der Waals surface area contributed by atoms with Gasteiger partial charge >= 0.3 is 12.1 Å². The highest BCUT2D eigenvalue weighted by Crippen LogP contribution is 2.24. The lowest BCUT2D eigenvalue weighted by Gasteiger charge is -2.32. The number of alkyl halides is 3. The number of piperidine rings is 1. The number of nitrogens with zero attached hydrogens (tertiary/aromatic N) is 1. The predicted molar refractivity (Wildman–Crippen MR) is 81.1 cm³/mol. The molecule has 1 aliphatic rings. The zero-order chi connectivity index (χ0) is 17.0. The van der Waals surface area contributed by atoms with Crippen LogP contribution in [0, 0.1) is 5.92 Å². The van der Waals surface area contributed by atoms with Crippen LogP contribution in [-0.4, -0.2) is 42.5 Å². The van der Waals surface area contributed by atoms with Crippen molar-refractivity contribution >= 4 is 23.2 Å². The van der Waals surface area contributed by atoms with E-state index in [2.05, 4.69) is 5.32 Å². The molecule has 1 fully saturated rings. The van der Waals surface area contributed by atoms with Crippen molar-refractivity contribution in [3.63, 3.8) is 0 Å². The van der Waals surface area contributed by atoms with Gasteiger partial charge in [-0.3, -0.25) is 9.59 Å². The molecule has 4 nitrogen and oxygen atoms in total. The van der Waals surface area contributed by atoms with Gasteiger partial charge in [0.2, 0.25) is 5.91 Å². The van der Waals surface area contributed by atoms with Crippen LogP contribution in [0.3, 0.4) is 0 Å². The maximum absolute atomic E-state index is 12.4. The number of hydrogen-bond donors (Lipinski definition) is 1. The minimum atomic E-state index is -4.81. The molecule has 1 atom stereocenters. The first kappa shape index (κ1) is 17.8. The Labute approximate surface area is 136 Å². The summed E-state index contributed by atoms with van der Waals surface area (Å²) in [4.78, 5) is 25.0. The largest absolute Gasteiger partial charge is 0.471 e. The van der Waals surface area contributed by atoms with E-state index in [9.17, 15) is 22.8 Å². The molecule has 8 heteroatoms. The van der Waals surface area contributed by atoms with Crippen LogP contribution in [0.1, 0.15) is 30.6 Å². The number of amides is 2. The Kier molecular flexibility index (Phi) is 5.67. The maximum Gasteiger partial charge on any atom is 0.471 e. The molecule has 23 heavy (non-hydrogen) atoms. The van der Waals surface area contributed by atoms with E-state index in [-0.39, 0.29) is 30.8 Å². The average Bonchev–Trinajstić information content (AvgIpc) is 3.05. The standard InChI is InChI=1S/C15H19F3N2O2S/c1-10(12-3-2-8-23-12)13(21)19-9-11-4-6-20(7-5-11)14(22)15(16,17)18/h2-3,8,10-11H,4-7,9H2,1H3,(H,19,21). The molecule has 1 aromatic heterocycles. The Hall–Kier alpha value is -1.57. The van der Waals surface area contributed by atoms with Gasteiger partial charge in [-0.05, 0) is 37.1 Å². The van der Waals surface area contributed by atoms with Crippen LogP contribution in [0.5, 0.6) is 0 Å². The summed E-state index contributed by atoms with van der Waals surface area (Å²) in [5.74, 6) is -1.98. The molecular weight excluding hydrogens is 329 g/mol. The Morgan fingerprint density at radius 2 is 2.04 bits per heavy atom. The van der Waals surface area contributed by atoms with E-state index in [1.807, 2.05) is 24.4 Å². The molecule has 0 bridgehead atoms. The lowest BCUT2D eigenvalue weighted by atomic mass is 9.96. The molecule has 0 aliphatic carbocycles. The number of hydrogen-bond acceptors (Lipinski definition) is 3. The molecule has 1 aromatic rings. The number of rotatable bonds is 4. The summed E-state index contributed by atoms with van der Waals surface area (Å²) in [7, 11) is 0. The fraction of sp³-hybridized carbons (Fsp3) is 0.600. The van der Waals surface area contributed by atoms with Gasteiger partial charge < -0.3 is 10.2 Å². The lowest BCUT2D eigenvalue weighted by molar-refractivity contribution is -0.186. The first-order chi connectivity index (χ1) is 10.8. The highest BCUT2D eigenvalue weighted by Gasteiger charge is 2.43.